The zero-order valence-corrected chi connectivity index (χ0v) is 18.1. The van der Waals surface area contributed by atoms with E-state index in [1.807, 2.05) is 0 Å². The normalized spacial score (nSPS) is 12.4. The van der Waals surface area contributed by atoms with Gasteiger partial charge in [0, 0.05) is 6.42 Å². The van der Waals surface area contributed by atoms with Gasteiger partial charge in [-0.2, -0.15) is 0 Å². The molecular formula is C23H44N2O3. The fourth-order valence-electron chi connectivity index (χ4n) is 3.03. The fourth-order valence-corrected chi connectivity index (χ4v) is 3.03. The summed E-state index contributed by atoms with van der Waals surface area (Å²) in [6.45, 7) is 2.73. The topological polar surface area (TPSA) is 95.4 Å². The molecule has 0 aromatic rings. The molecule has 5 heteroatoms. The molecular weight excluding hydrogens is 352 g/mol. The van der Waals surface area contributed by atoms with Crippen LogP contribution in [0.25, 0.3) is 0 Å². The Morgan fingerprint density at radius 3 is 1.93 bits per heavy atom. The number of hydrogen-bond donors (Lipinski definition) is 2. The summed E-state index contributed by atoms with van der Waals surface area (Å²) in [6, 6.07) is -0.749. The van der Waals surface area contributed by atoms with Crippen LogP contribution in [0.1, 0.15) is 110 Å². The molecule has 0 saturated carbocycles. The Labute approximate surface area is 172 Å². The lowest BCUT2D eigenvalue weighted by Crippen LogP contribution is -2.34. The highest BCUT2D eigenvalue weighted by Gasteiger charge is 2.17. The molecule has 0 saturated heterocycles. The molecule has 0 radical (unpaired) electrons. The lowest BCUT2D eigenvalue weighted by molar-refractivity contribution is -0.160. The highest BCUT2D eigenvalue weighted by atomic mass is 16.6. The quantitative estimate of drug-likeness (QED) is 0.136. The lowest BCUT2D eigenvalue weighted by Gasteiger charge is -2.09. The van der Waals surface area contributed by atoms with Crippen molar-refractivity contribution in [3.8, 4) is 0 Å². The molecule has 0 unspecified atom stereocenters. The number of carbonyl (C=O) groups is 2. The second-order valence-electron chi connectivity index (χ2n) is 7.66. The van der Waals surface area contributed by atoms with Crippen LogP contribution in [0.15, 0.2) is 12.2 Å². The van der Waals surface area contributed by atoms with Crippen molar-refractivity contribution in [3.05, 3.63) is 12.2 Å². The van der Waals surface area contributed by atoms with Gasteiger partial charge in [-0.05, 0) is 51.5 Å². The first-order valence-electron chi connectivity index (χ1n) is 11.5. The standard InChI is InChI=1S/C23H44N2O3/c1-2-3-4-5-6-7-8-9-10-11-12-13-14-15-16-19-22(26)28-23(27)21(25)18-17-20-24/h9-10,21H,2-8,11-20,24-25H2,1H3/b10-9-/t21-/m0/s1. The molecule has 0 aliphatic carbocycles. The van der Waals surface area contributed by atoms with E-state index in [2.05, 4.69) is 19.1 Å². The molecule has 28 heavy (non-hydrogen) atoms. The van der Waals surface area contributed by atoms with E-state index in [-0.39, 0.29) is 6.42 Å². The Hall–Kier alpha value is -1.20. The van der Waals surface area contributed by atoms with Gasteiger partial charge in [-0.3, -0.25) is 4.79 Å². The molecule has 0 spiro atoms. The smallest absolute Gasteiger partial charge is 0.330 e. The van der Waals surface area contributed by atoms with Crippen LogP contribution in [-0.4, -0.2) is 24.5 Å². The van der Waals surface area contributed by atoms with Gasteiger partial charge < -0.3 is 16.2 Å². The molecule has 4 N–H and O–H groups in total. The van der Waals surface area contributed by atoms with Crippen molar-refractivity contribution in [1.82, 2.24) is 0 Å². The monoisotopic (exact) mass is 396 g/mol. The van der Waals surface area contributed by atoms with E-state index in [1.165, 1.54) is 57.8 Å². The minimum atomic E-state index is -0.749. The number of ether oxygens (including phenoxy) is 1. The second kappa shape index (κ2) is 20.5. The summed E-state index contributed by atoms with van der Waals surface area (Å²) in [5, 5.41) is 0. The number of nitrogens with two attached hydrogens (primary N) is 2. The van der Waals surface area contributed by atoms with Gasteiger partial charge in [0.15, 0.2) is 0 Å². The van der Waals surface area contributed by atoms with Crippen LogP contribution in [0.2, 0.25) is 0 Å². The summed E-state index contributed by atoms with van der Waals surface area (Å²) in [7, 11) is 0. The Balaban J connectivity index is 3.41. The van der Waals surface area contributed by atoms with Crippen LogP contribution in [-0.2, 0) is 14.3 Å². The summed E-state index contributed by atoms with van der Waals surface area (Å²) in [6.07, 6.45) is 21.8. The highest BCUT2D eigenvalue weighted by molar-refractivity contribution is 5.88. The lowest BCUT2D eigenvalue weighted by atomic mass is 10.1. The zero-order chi connectivity index (χ0) is 20.9. The predicted octanol–water partition coefficient (Wildman–Crippen LogP) is 5.16. The first-order valence-corrected chi connectivity index (χ1v) is 11.5. The molecule has 5 nitrogen and oxygen atoms in total. The van der Waals surface area contributed by atoms with Crippen molar-refractivity contribution >= 4 is 11.9 Å². The van der Waals surface area contributed by atoms with Crippen LogP contribution >= 0.6 is 0 Å². The Morgan fingerprint density at radius 1 is 0.821 bits per heavy atom. The second-order valence-corrected chi connectivity index (χ2v) is 7.66. The van der Waals surface area contributed by atoms with Crippen molar-refractivity contribution in [2.75, 3.05) is 6.54 Å². The average Bonchev–Trinajstić information content (AvgIpc) is 2.68. The molecule has 0 heterocycles. The van der Waals surface area contributed by atoms with Crippen LogP contribution in [0.4, 0.5) is 0 Å². The summed E-state index contributed by atoms with van der Waals surface area (Å²) in [5.41, 5.74) is 11.0. The summed E-state index contributed by atoms with van der Waals surface area (Å²) in [4.78, 5) is 23.2. The van der Waals surface area contributed by atoms with Gasteiger partial charge in [-0.25, -0.2) is 4.79 Å². The average molecular weight is 397 g/mol. The summed E-state index contributed by atoms with van der Waals surface area (Å²) in [5.74, 6) is -1.10. The highest BCUT2D eigenvalue weighted by Crippen LogP contribution is 2.10. The molecule has 0 amide bonds. The van der Waals surface area contributed by atoms with E-state index >= 15 is 0 Å². The van der Waals surface area contributed by atoms with E-state index in [4.69, 9.17) is 16.2 Å². The molecule has 164 valence electrons. The van der Waals surface area contributed by atoms with E-state index in [1.54, 1.807) is 0 Å². The predicted molar refractivity (Wildman–Crippen MR) is 117 cm³/mol. The number of allylic oxidation sites excluding steroid dienone is 2. The number of carbonyl (C=O) groups excluding carboxylic acids is 2. The number of unbranched alkanes of at least 4 members (excludes halogenated alkanes) is 11. The first kappa shape index (κ1) is 26.8. The maximum atomic E-state index is 11.6. The van der Waals surface area contributed by atoms with Gasteiger partial charge in [0.1, 0.15) is 6.04 Å². The van der Waals surface area contributed by atoms with Crippen molar-refractivity contribution in [2.45, 2.75) is 116 Å². The molecule has 0 aliphatic heterocycles. The number of esters is 2. The molecule has 0 bridgehead atoms. The third-order valence-corrected chi connectivity index (χ3v) is 4.88. The molecule has 0 fully saturated rings. The Kier molecular flexibility index (Phi) is 19.7. The molecule has 1 atom stereocenters. The molecule has 0 aromatic carbocycles. The number of rotatable bonds is 19. The van der Waals surface area contributed by atoms with Crippen molar-refractivity contribution in [1.29, 1.82) is 0 Å². The van der Waals surface area contributed by atoms with Crippen molar-refractivity contribution in [2.24, 2.45) is 11.5 Å². The maximum Gasteiger partial charge on any atom is 0.330 e. The van der Waals surface area contributed by atoms with E-state index in [0.717, 1.165) is 25.7 Å². The summed E-state index contributed by atoms with van der Waals surface area (Å²) < 4.78 is 4.78. The molecule has 0 aromatic heterocycles. The first-order chi connectivity index (χ1) is 13.6. The van der Waals surface area contributed by atoms with E-state index in [9.17, 15) is 9.59 Å². The largest absolute Gasteiger partial charge is 0.392 e. The molecule has 0 aliphatic rings. The van der Waals surface area contributed by atoms with E-state index in [0.29, 0.717) is 19.4 Å². The van der Waals surface area contributed by atoms with Gasteiger partial charge in [-0.15, -0.1) is 0 Å². The summed E-state index contributed by atoms with van der Waals surface area (Å²) >= 11 is 0. The minimum absolute atomic E-state index is 0.285. The third kappa shape index (κ3) is 18.2. The Morgan fingerprint density at radius 2 is 1.36 bits per heavy atom. The third-order valence-electron chi connectivity index (χ3n) is 4.88. The van der Waals surface area contributed by atoms with Crippen LogP contribution < -0.4 is 11.5 Å². The van der Waals surface area contributed by atoms with Gasteiger partial charge >= 0.3 is 11.9 Å². The van der Waals surface area contributed by atoms with Gasteiger partial charge in [0.25, 0.3) is 0 Å². The van der Waals surface area contributed by atoms with Crippen molar-refractivity contribution < 1.29 is 14.3 Å². The maximum absolute atomic E-state index is 11.6. The SMILES string of the molecule is CCCCCCCC/C=C\CCCCCCCC(=O)OC(=O)[C@@H](N)CCCN. The number of hydrogen-bond acceptors (Lipinski definition) is 5. The van der Waals surface area contributed by atoms with Crippen LogP contribution in [0, 0.1) is 0 Å². The Bertz CT molecular complexity index is 411. The van der Waals surface area contributed by atoms with Crippen LogP contribution in [0.3, 0.4) is 0 Å². The van der Waals surface area contributed by atoms with Gasteiger partial charge in [-0.1, -0.05) is 70.4 Å². The minimum Gasteiger partial charge on any atom is -0.392 e. The van der Waals surface area contributed by atoms with Crippen molar-refractivity contribution in [3.63, 3.8) is 0 Å². The van der Waals surface area contributed by atoms with Gasteiger partial charge in [0.05, 0.1) is 0 Å². The molecule has 0 rings (SSSR count). The van der Waals surface area contributed by atoms with Gasteiger partial charge in [0.2, 0.25) is 0 Å². The van der Waals surface area contributed by atoms with Crippen LogP contribution in [0.5, 0.6) is 0 Å². The fraction of sp³-hybridized carbons (Fsp3) is 0.826. The van der Waals surface area contributed by atoms with E-state index < -0.39 is 18.0 Å². The zero-order valence-electron chi connectivity index (χ0n) is 18.1.